The van der Waals surface area contributed by atoms with Crippen molar-refractivity contribution in [1.29, 1.82) is 0 Å². The quantitative estimate of drug-likeness (QED) is 0.547. The van der Waals surface area contributed by atoms with Crippen LogP contribution in [0.3, 0.4) is 0 Å². The Morgan fingerprint density at radius 1 is 1.22 bits per heavy atom. The lowest BCUT2D eigenvalue weighted by Crippen LogP contribution is -2.11. The summed E-state index contributed by atoms with van der Waals surface area (Å²) >= 11 is 2.76. The first-order chi connectivity index (χ1) is 13.0. The molecule has 1 amide bonds. The summed E-state index contributed by atoms with van der Waals surface area (Å²) in [6, 6.07) is 10.9. The van der Waals surface area contributed by atoms with Gasteiger partial charge in [-0.25, -0.2) is 13.8 Å². The van der Waals surface area contributed by atoms with E-state index in [-0.39, 0.29) is 11.5 Å². The van der Waals surface area contributed by atoms with Gasteiger partial charge >= 0.3 is 0 Å². The summed E-state index contributed by atoms with van der Waals surface area (Å²) in [6.45, 7) is 0. The number of aromatic nitrogens is 1. The summed E-state index contributed by atoms with van der Waals surface area (Å²) < 4.78 is 31.9. The molecule has 0 unspecified atom stereocenters. The molecule has 0 bridgehead atoms. The summed E-state index contributed by atoms with van der Waals surface area (Å²) in [7, 11) is 1.61. The number of methoxy groups -OCH3 is 1. The summed E-state index contributed by atoms with van der Waals surface area (Å²) in [4.78, 5) is 17.3. The van der Waals surface area contributed by atoms with E-state index in [0.29, 0.717) is 23.0 Å². The van der Waals surface area contributed by atoms with Gasteiger partial charge in [0.05, 0.1) is 12.8 Å². The Hall–Kier alpha value is -2.45. The molecule has 3 rings (SSSR count). The van der Waals surface area contributed by atoms with Gasteiger partial charge in [0.2, 0.25) is 5.91 Å². The van der Waals surface area contributed by atoms with Gasteiger partial charge in [0, 0.05) is 34.1 Å². The molecule has 0 radical (unpaired) electrons. The van der Waals surface area contributed by atoms with Crippen LogP contribution in [0.2, 0.25) is 0 Å². The number of halogens is 2. The number of benzene rings is 2. The van der Waals surface area contributed by atoms with Gasteiger partial charge < -0.3 is 10.1 Å². The number of carbonyl (C=O) groups excluding carboxylic acids is 1. The predicted molar refractivity (Wildman–Crippen MR) is 104 cm³/mol. The smallest absolute Gasteiger partial charge is 0.226 e. The van der Waals surface area contributed by atoms with Gasteiger partial charge in [-0.05, 0) is 36.4 Å². The predicted octanol–water partition coefficient (Wildman–Crippen LogP) is 5.22. The topological polar surface area (TPSA) is 51.2 Å². The first-order valence-electron chi connectivity index (χ1n) is 8.03. The van der Waals surface area contributed by atoms with Crippen LogP contribution in [0.25, 0.3) is 11.3 Å². The summed E-state index contributed by atoms with van der Waals surface area (Å²) in [5, 5.41) is 4.71. The van der Waals surface area contributed by atoms with E-state index in [4.69, 9.17) is 4.74 Å². The van der Waals surface area contributed by atoms with Crippen LogP contribution in [0.15, 0.2) is 52.7 Å². The number of rotatable bonds is 7. The van der Waals surface area contributed by atoms with Crippen molar-refractivity contribution in [3.8, 4) is 17.0 Å². The number of carbonyl (C=O) groups is 1. The number of nitrogens with zero attached hydrogens (tertiary/aromatic N) is 1. The normalized spacial score (nSPS) is 10.6. The zero-order chi connectivity index (χ0) is 19.2. The van der Waals surface area contributed by atoms with Crippen molar-refractivity contribution in [1.82, 2.24) is 4.98 Å². The molecule has 3 aromatic rings. The molecule has 0 aliphatic carbocycles. The van der Waals surface area contributed by atoms with Crippen molar-refractivity contribution in [2.24, 2.45) is 0 Å². The van der Waals surface area contributed by atoms with Crippen molar-refractivity contribution >= 4 is 34.1 Å². The fraction of sp³-hybridized carbons (Fsp3) is 0.158. The zero-order valence-corrected chi connectivity index (χ0v) is 16.0. The van der Waals surface area contributed by atoms with Crippen LogP contribution in [0, 0.1) is 11.6 Å². The second-order valence-electron chi connectivity index (χ2n) is 5.48. The highest BCUT2D eigenvalue weighted by Gasteiger charge is 2.12. The first-order valence-corrected chi connectivity index (χ1v) is 9.89. The van der Waals surface area contributed by atoms with E-state index in [1.165, 1.54) is 23.5 Å². The molecule has 0 atom stereocenters. The van der Waals surface area contributed by atoms with Crippen LogP contribution >= 0.6 is 23.1 Å². The van der Waals surface area contributed by atoms with Gasteiger partial charge in [0.15, 0.2) is 5.13 Å². The number of hydrogen-bond acceptors (Lipinski definition) is 5. The highest BCUT2D eigenvalue weighted by Crippen LogP contribution is 2.28. The van der Waals surface area contributed by atoms with E-state index >= 15 is 0 Å². The summed E-state index contributed by atoms with van der Waals surface area (Å²) in [5.41, 5.74) is 0.559. The molecule has 8 heteroatoms. The molecule has 2 aromatic carbocycles. The molecule has 0 aliphatic rings. The van der Waals surface area contributed by atoms with Gasteiger partial charge in [0.25, 0.3) is 0 Å². The third kappa shape index (κ3) is 5.27. The maximum absolute atomic E-state index is 13.8. The van der Waals surface area contributed by atoms with E-state index in [2.05, 4.69) is 10.3 Å². The third-order valence-electron chi connectivity index (χ3n) is 3.61. The molecule has 4 nitrogen and oxygen atoms in total. The average Bonchev–Trinajstić information content (AvgIpc) is 3.10. The van der Waals surface area contributed by atoms with Crippen LogP contribution in [-0.4, -0.2) is 23.8 Å². The van der Waals surface area contributed by atoms with E-state index in [1.54, 1.807) is 24.3 Å². The second kappa shape index (κ2) is 8.96. The van der Waals surface area contributed by atoms with Crippen molar-refractivity contribution in [3.05, 3.63) is 59.5 Å². The van der Waals surface area contributed by atoms with Crippen LogP contribution in [-0.2, 0) is 4.79 Å². The maximum atomic E-state index is 13.8. The molecule has 0 saturated carbocycles. The van der Waals surface area contributed by atoms with E-state index in [9.17, 15) is 13.6 Å². The molecule has 1 aromatic heterocycles. The zero-order valence-electron chi connectivity index (χ0n) is 14.4. The summed E-state index contributed by atoms with van der Waals surface area (Å²) in [5.74, 6) is -0.0996. The Balaban J connectivity index is 1.51. The van der Waals surface area contributed by atoms with Gasteiger partial charge in [-0.3, -0.25) is 4.79 Å². The minimum Gasteiger partial charge on any atom is -0.497 e. The third-order valence-corrected chi connectivity index (χ3v) is 5.39. The lowest BCUT2D eigenvalue weighted by atomic mass is 10.1. The Labute approximate surface area is 163 Å². The molecule has 0 fully saturated rings. The molecule has 27 heavy (non-hydrogen) atoms. The Bertz CT molecular complexity index is 930. The molecular weight excluding hydrogens is 390 g/mol. The van der Waals surface area contributed by atoms with Gasteiger partial charge in [-0.2, -0.15) is 0 Å². The standard InChI is InChI=1S/C19H16F2N2O2S2/c1-25-13-3-5-14(6-4-13)26-9-8-18(24)23-19-22-17(11-27-19)15-7-2-12(20)10-16(15)21/h2-7,10-11H,8-9H2,1H3,(H,22,23,24). The second-order valence-corrected chi connectivity index (χ2v) is 7.51. The SMILES string of the molecule is COc1ccc(SCCC(=O)Nc2nc(-c3ccc(F)cc3F)cs2)cc1. The molecule has 0 spiro atoms. The largest absolute Gasteiger partial charge is 0.497 e. The maximum Gasteiger partial charge on any atom is 0.226 e. The molecule has 1 N–H and O–H groups in total. The van der Waals surface area contributed by atoms with E-state index in [0.717, 1.165) is 16.7 Å². The summed E-state index contributed by atoms with van der Waals surface area (Å²) in [6.07, 6.45) is 0.316. The molecular formula is C19H16F2N2O2S2. The average molecular weight is 406 g/mol. The van der Waals surface area contributed by atoms with E-state index in [1.807, 2.05) is 24.3 Å². The fourth-order valence-electron chi connectivity index (χ4n) is 2.27. The Morgan fingerprint density at radius 3 is 2.70 bits per heavy atom. The van der Waals surface area contributed by atoms with Crippen molar-refractivity contribution in [2.45, 2.75) is 11.3 Å². The Morgan fingerprint density at radius 2 is 2.00 bits per heavy atom. The Kier molecular flexibility index (Phi) is 6.41. The lowest BCUT2D eigenvalue weighted by Gasteiger charge is -2.04. The highest BCUT2D eigenvalue weighted by atomic mass is 32.2. The number of amides is 1. The number of nitrogens with one attached hydrogen (secondary N) is 1. The number of thiazole rings is 1. The van der Waals surface area contributed by atoms with E-state index < -0.39 is 11.6 Å². The molecule has 140 valence electrons. The van der Waals surface area contributed by atoms with Crippen molar-refractivity contribution < 1.29 is 18.3 Å². The van der Waals surface area contributed by atoms with Crippen molar-refractivity contribution in [2.75, 3.05) is 18.2 Å². The van der Waals surface area contributed by atoms with Crippen molar-refractivity contribution in [3.63, 3.8) is 0 Å². The first kappa shape index (κ1) is 19.3. The van der Waals surface area contributed by atoms with Crippen LogP contribution < -0.4 is 10.1 Å². The van der Waals surface area contributed by atoms with Crippen LogP contribution in [0.4, 0.5) is 13.9 Å². The minimum atomic E-state index is -0.686. The number of hydrogen-bond donors (Lipinski definition) is 1. The number of ether oxygens (including phenoxy) is 1. The monoisotopic (exact) mass is 406 g/mol. The van der Waals surface area contributed by atoms with Crippen LogP contribution in [0.1, 0.15) is 6.42 Å². The van der Waals surface area contributed by atoms with Gasteiger partial charge in [-0.15, -0.1) is 23.1 Å². The number of anilines is 1. The van der Waals surface area contributed by atoms with Gasteiger partial charge in [-0.1, -0.05) is 0 Å². The fourth-order valence-corrected chi connectivity index (χ4v) is 3.85. The van der Waals surface area contributed by atoms with Crippen LogP contribution in [0.5, 0.6) is 5.75 Å². The molecule has 1 heterocycles. The minimum absolute atomic E-state index is 0.170. The lowest BCUT2D eigenvalue weighted by molar-refractivity contribution is -0.115. The van der Waals surface area contributed by atoms with Gasteiger partial charge in [0.1, 0.15) is 17.4 Å². The number of thioether (sulfide) groups is 1. The molecule has 0 aliphatic heterocycles. The molecule has 0 saturated heterocycles. The highest BCUT2D eigenvalue weighted by molar-refractivity contribution is 7.99.